The zero-order valence-electron chi connectivity index (χ0n) is 11.5. The van der Waals surface area contributed by atoms with Gasteiger partial charge in [0.2, 0.25) is 0 Å². The topological polar surface area (TPSA) is 30.9 Å². The maximum absolute atomic E-state index is 5.97. The molecule has 0 spiro atoms. The predicted octanol–water partition coefficient (Wildman–Crippen LogP) is 3.71. The largest absolute Gasteiger partial charge is 0.350 e. The summed E-state index contributed by atoms with van der Waals surface area (Å²) in [5, 5.41) is 1.31. The number of nitrogens with zero attached hydrogens (tertiary/aromatic N) is 1. The molecule has 2 heteroatoms. The second kappa shape index (κ2) is 4.99. The monoisotopic (exact) mass is 242 g/mol. The summed E-state index contributed by atoms with van der Waals surface area (Å²) in [5.74, 6) is 0. The zero-order valence-corrected chi connectivity index (χ0v) is 11.5. The van der Waals surface area contributed by atoms with Gasteiger partial charge in [0.05, 0.1) is 0 Å². The van der Waals surface area contributed by atoms with E-state index in [1.807, 2.05) is 0 Å². The molecule has 1 aromatic heterocycles. The van der Waals surface area contributed by atoms with Crippen LogP contribution in [0.1, 0.15) is 32.3 Å². The Kier molecular flexibility index (Phi) is 3.58. The maximum atomic E-state index is 5.97. The van der Waals surface area contributed by atoms with Crippen LogP contribution in [0.5, 0.6) is 0 Å². The highest BCUT2D eigenvalue weighted by atomic mass is 14.9. The number of hydrogen-bond acceptors (Lipinski definition) is 1. The molecule has 2 aromatic rings. The molecule has 0 fully saturated rings. The molecule has 0 aliphatic carbocycles. The van der Waals surface area contributed by atoms with Crippen LogP contribution in [0.2, 0.25) is 0 Å². The van der Waals surface area contributed by atoms with Crippen LogP contribution in [-0.4, -0.2) is 10.1 Å². The molecule has 0 unspecified atom stereocenters. The minimum absolute atomic E-state index is 0.0803. The predicted molar refractivity (Wildman–Crippen MR) is 79.5 cm³/mol. The number of hydrogen-bond donors (Lipinski definition) is 1. The molecular weight excluding hydrogens is 220 g/mol. The Labute approximate surface area is 109 Å². The number of rotatable bonds is 4. The van der Waals surface area contributed by atoms with E-state index in [2.05, 4.69) is 68.1 Å². The molecule has 1 aromatic carbocycles. The van der Waals surface area contributed by atoms with Crippen molar-refractivity contribution < 1.29 is 0 Å². The van der Waals surface area contributed by atoms with E-state index in [1.165, 1.54) is 16.5 Å². The van der Waals surface area contributed by atoms with Crippen LogP contribution < -0.4 is 5.73 Å². The van der Waals surface area contributed by atoms with E-state index in [9.17, 15) is 0 Å². The van der Waals surface area contributed by atoms with Crippen molar-refractivity contribution in [2.24, 2.45) is 12.8 Å². The van der Waals surface area contributed by atoms with Crippen LogP contribution in [-0.2, 0) is 7.05 Å². The van der Waals surface area contributed by atoms with Crippen molar-refractivity contribution in [2.75, 3.05) is 0 Å². The Morgan fingerprint density at radius 3 is 2.72 bits per heavy atom. The zero-order chi connectivity index (χ0) is 13.2. The third kappa shape index (κ3) is 3.02. The molecule has 2 N–H and O–H groups in total. The molecule has 2 rings (SSSR count). The van der Waals surface area contributed by atoms with E-state index in [0.717, 1.165) is 12.8 Å². The highest BCUT2D eigenvalue weighted by molar-refractivity contribution is 5.89. The van der Waals surface area contributed by atoms with Gasteiger partial charge in [0.1, 0.15) is 0 Å². The number of allylic oxidation sites excluding steroid dienone is 1. The van der Waals surface area contributed by atoms with Gasteiger partial charge in [-0.2, -0.15) is 0 Å². The number of nitrogens with two attached hydrogens (primary N) is 1. The first-order chi connectivity index (χ1) is 8.47. The van der Waals surface area contributed by atoms with Crippen LogP contribution >= 0.6 is 0 Å². The molecule has 0 saturated carbocycles. The Morgan fingerprint density at radius 2 is 2.00 bits per heavy atom. The van der Waals surface area contributed by atoms with Crippen molar-refractivity contribution in [3.63, 3.8) is 0 Å². The maximum Gasteiger partial charge on any atom is 0.0483 e. The molecule has 0 bridgehead atoms. The lowest BCUT2D eigenvalue weighted by molar-refractivity contribution is 0.482. The van der Waals surface area contributed by atoms with E-state index in [0.29, 0.717) is 0 Å². The molecule has 0 aliphatic rings. The Morgan fingerprint density at radius 1 is 1.28 bits per heavy atom. The number of aryl methyl sites for hydroxylation is 1. The van der Waals surface area contributed by atoms with Gasteiger partial charge in [-0.25, -0.2) is 0 Å². The Bertz CT molecular complexity index is 556. The van der Waals surface area contributed by atoms with E-state index in [-0.39, 0.29) is 5.54 Å². The van der Waals surface area contributed by atoms with Gasteiger partial charge < -0.3 is 10.3 Å². The summed E-state index contributed by atoms with van der Waals surface area (Å²) >= 11 is 0. The Hall–Kier alpha value is -1.54. The SMILES string of the molecule is Cn1cc(/C=C/CCC(C)(C)N)c2ccccc21. The average molecular weight is 242 g/mol. The second-order valence-corrected chi connectivity index (χ2v) is 5.64. The number of fused-ring (bicyclic) bond motifs is 1. The van der Waals surface area contributed by atoms with Crippen molar-refractivity contribution >= 4 is 17.0 Å². The van der Waals surface area contributed by atoms with Gasteiger partial charge in [0, 0.05) is 29.7 Å². The first-order valence-electron chi connectivity index (χ1n) is 6.47. The number of para-hydroxylation sites is 1. The molecule has 18 heavy (non-hydrogen) atoms. The lowest BCUT2D eigenvalue weighted by Gasteiger charge is -2.16. The van der Waals surface area contributed by atoms with Crippen LogP contribution in [0.15, 0.2) is 36.5 Å². The molecule has 2 nitrogen and oxygen atoms in total. The van der Waals surface area contributed by atoms with Crippen LogP contribution in [0.25, 0.3) is 17.0 Å². The lowest BCUT2D eigenvalue weighted by atomic mass is 10.00. The van der Waals surface area contributed by atoms with Crippen molar-refractivity contribution in [3.8, 4) is 0 Å². The standard InChI is InChI=1S/C16H22N2/c1-16(2,17)11-7-6-8-13-12-18(3)15-10-5-4-9-14(13)15/h4-6,8-10,12H,7,11,17H2,1-3H3/b8-6+. The summed E-state index contributed by atoms with van der Waals surface area (Å²) in [6.07, 6.45) is 8.63. The van der Waals surface area contributed by atoms with Crippen LogP contribution in [0.3, 0.4) is 0 Å². The second-order valence-electron chi connectivity index (χ2n) is 5.64. The van der Waals surface area contributed by atoms with Crippen molar-refractivity contribution in [1.29, 1.82) is 0 Å². The van der Waals surface area contributed by atoms with Gasteiger partial charge in [-0.05, 0) is 38.3 Å². The lowest BCUT2D eigenvalue weighted by Crippen LogP contribution is -2.31. The third-order valence-electron chi connectivity index (χ3n) is 3.18. The molecular formula is C16H22N2. The quantitative estimate of drug-likeness (QED) is 0.870. The van der Waals surface area contributed by atoms with E-state index in [4.69, 9.17) is 5.73 Å². The van der Waals surface area contributed by atoms with Gasteiger partial charge >= 0.3 is 0 Å². The molecule has 0 amide bonds. The normalized spacial score (nSPS) is 12.7. The van der Waals surface area contributed by atoms with Gasteiger partial charge in [-0.3, -0.25) is 0 Å². The van der Waals surface area contributed by atoms with Crippen molar-refractivity contribution in [1.82, 2.24) is 4.57 Å². The minimum Gasteiger partial charge on any atom is -0.350 e. The minimum atomic E-state index is -0.0803. The van der Waals surface area contributed by atoms with Crippen molar-refractivity contribution in [3.05, 3.63) is 42.1 Å². The summed E-state index contributed by atoms with van der Waals surface area (Å²) in [5.41, 5.74) is 8.45. The average Bonchev–Trinajstić information content (AvgIpc) is 2.62. The van der Waals surface area contributed by atoms with Gasteiger partial charge in [0.15, 0.2) is 0 Å². The van der Waals surface area contributed by atoms with Gasteiger partial charge in [-0.15, -0.1) is 0 Å². The first kappa shape index (κ1) is 12.9. The fraction of sp³-hybridized carbons (Fsp3) is 0.375. The molecule has 96 valence electrons. The fourth-order valence-corrected chi connectivity index (χ4v) is 2.17. The summed E-state index contributed by atoms with van der Waals surface area (Å²) in [6.45, 7) is 4.14. The van der Waals surface area contributed by atoms with Gasteiger partial charge in [0.25, 0.3) is 0 Å². The third-order valence-corrected chi connectivity index (χ3v) is 3.18. The van der Waals surface area contributed by atoms with Crippen LogP contribution in [0.4, 0.5) is 0 Å². The van der Waals surface area contributed by atoms with E-state index >= 15 is 0 Å². The summed E-state index contributed by atoms with van der Waals surface area (Å²) in [7, 11) is 2.09. The van der Waals surface area contributed by atoms with Crippen LogP contribution in [0, 0.1) is 0 Å². The summed E-state index contributed by atoms with van der Waals surface area (Å²) < 4.78 is 2.17. The fourth-order valence-electron chi connectivity index (χ4n) is 2.17. The molecule has 0 radical (unpaired) electrons. The van der Waals surface area contributed by atoms with Gasteiger partial charge in [-0.1, -0.05) is 30.4 Å². The first-order valence-corrected chi connectivity index (χ1v) is 6.47. The smallest absolute Gasteiger partial charge is 0.0483 e. The number of benzene rings is 1. The Balaban J connectivity index is 2.15. The van der Waals surface area contributed by atoms with Crippen molar-refractivity contribution in [2.45, 2.75) is 32.2 Å². The summed E-state index contributed by atoms with van der Waals surface area (Å²) in [4.78, 5) is 0. The molecule has 0 aliphatic heterocycles. The molecule has 0 saturated heterocycles. The summed E-state index contributed by atoms with van der Waals surface area (Å²) in [6, 6.07) is 8.48. The molecule has 1 heterocycles. The highest BCUT2D eigenvalue weighted by Crippen LogP contribution is 2.21. The number of aromatic nitrogens is 1. The molecule has 0 atom stereocenters. The highest BCUT2D eigenvalue weighted by Gasteiger charge is 2.08. The van der Waals surface area contributed by atoms with E-state index < -0.39 is 0 Å². The van der Waals surface area contributed by atoms with E-state index in [1.54, 1.807) is 0 Å².